The van der Waals surface area contributed by atoms with E-state index in [2.05, 4.69) is 9.05 Å². The Morgan fingerprint density at radius 3 is 1.54 bits per heavy atom. The number of carbonyl (C=O) groups is 2. The molecule has 8 nitrogen and oxygen atoms in total. The normalized spacial score (nSPS) is 8.69. The molecular weight excluding hydrogens is 245 g/mol. The van der Waals surface area contributed by atoms with Gasteiger partial charge in [-0.05, 0) is 0 Å². The summed E-state index contributed by atoms with van der Waals surface area (Å²) in [5.41, 5.74) is 0. The first kappa shape index (κ1) is 19.9. The quantitative estimate of drug-likeness (QED) is 0.327. The Balaban J connectivity index is -0.0000000833. The Labute approximate surface area is 140 Å². The maximum Gasteiger partial charge on any atom is 1.00 e. The first-order valence-corrected chi connectivity index (χ1v) is 3.51. The molecule has 0 bridgehead atoms. The molecule has 0 aromatic carbocycles. The Morgan fingerprint density at radius 1 is 1.15 bits per heavy atom. The van der Waals surface area contributed by atoms with Crippen LogP contribution >= 0.6 is 7.82 Å². The molecule has 11 heteroatoms. The Morgan fingerprint density at radius 2 is 1.38 bits per heavy atom. The van der Waals surface area contributed by atoms with E-state index in [1.54, 1.807) is 0 Å². The van der Waals surface area contributed by atoms with Gasteiger partial charge in [0.2, 0.25) is 0 Å². The van der Waals surface area contributed by atoms with Gasteiger partial charge in [-0.15, -0.1) is 0 Å². The van der Waals surface area contributed by atoms with Crippen molar-refractivity contribution in [3.05, 3.63) is 0 Å². The van der Waals surface area contributed by atoms with E-state index in [1.165, 1.54) is 0 Å². The van der Waals surface area contributed by atoms with Crippen LogP contribution in [0.2, 0.25) is 0 Å². The molecular formula is C2H5KNaO8P. The first-order valence-electron chi connectivity index (χ1n) is 2.01. The molecule has 13 heavy (non-hydrogen) atoms. The molecule has 3 N–H and O–H groups in total. The van der Waals surface area contributed by atoms with Crippen molar-refractivity contribution >= 4 is 20.1 Å². The fourth-order valence-corrected chi connectivity index (χ4v) is 0.648. The van der Waals surface area contributed by atoms with Crippen LogP contribution < -0.4 is 80.9 Å². The third-order valence-corrected chi connectivity index (χ3v) is 1.16. The molecule has 0 rings (SSSR count). The molecule has 68 valence electrons. The minimum atomic E-state index is -5.00. The van der Waals surface area contributed by atoms with Gasteiger partial charge in [0.05, 0.1) is 0 Å². The Hall–Kier alpha value is 1.37. The van der Waals surface area contributed by atoms with Crippen molar-refractivity contribution in [2.75, 3.05) is 0 Å². The Kier molecular flexibility index (Phi) is 13.2. The van der Waals surface area contributed by atoms with Crippen molar-refractivity contribution in [1.82, 2.24) is 0 Å². The second-order valence-electron chi connectivity index (χ2n) is 1.18. The molecule has 0 heterocycles. The fraction of sp³-hybridized carbons (Fsp3) is 0. The summed E-state index contributed by atoms with van der Waals surface area (Å²) in [6, 6.07) is 0. The molecule has 0 radical (unpaired) electrons. The van der Waals surface area contributed by atoms with Gasteiger partial charge < -0.3 is 22.1 Å². The summed E-state index contributed by atoms with van der Waals surface area (Å²) in [6.45, 7) is 0. The molecule has 0 unspecified atom stereocenters. The van der Waals surface area contributed by atoms with Crippen LogP contribution in [0.15, 0.2) is 0 Å². The predicted molar refractivity (Wildman–Crippen MR) is 30.3 cm³/mol. The topological polar surface area (TPSA) is 130 Å². The van der Waals surface area contributed by atoms with Crippen molar-refractivity contribution in [1.29, 1.82) is 0 Å². The predicted octanol–water partition coefficient (Wildman–Crippen LogP) is -5.29. The van der Waals surface area contributed by atoms with Crippen LogP contribution in [0.25, 0.3) is 0 Å². The van der Waals surface area contributed by atoms with E-state index in [0.717, 1.165) is 0 Å². The monoisotopic (exact) mass is 250 g/mol. The average molecular weight is 250 g/mol. The number of rotatable bonds is 2. The zero-order valence-electron chi connectivity index (χ0n) is 8.83. The van der Waals surface area contributed by atoms with Crippen LogP contribution in [0.1, 0.15) is 2.85 Å². The molecule has 0 saturated carbocycles. The van der Waals surface area contributed by atoms with Gasteiger partial charge in [0.1, 0.15) is 0 Å². The first-order chi connectivity index (χ1) is 4.83. The van der Waals surface area contributed by atoms with E-state index in [-0.39, 0.29) is 83.8 Å². The largest absolute Gasteiger partial charge is 1.00 e. The van der Waals surface area contributed by atoms with E-state index < -0.39 is 20.1 Å². The van der Waals surface area contributed by atoms with Gasteiger partial charge >= 0.3 is 101 Å². The van der Waals surface area contributed by atoms with Crippen molar-refractivity contribution in [3.8, 4) is 0 Å². The number of carboxylic acid groups (broad SMARTS) is 2. The number of hydrogen-bond acceptors (Lipinski definition) is 5. The number of hydrogen-bond donors (Lipinski definition) is 3. The third-order valence-electron chi connectivity index (χ3n) is 0.387. The van der Waals surface area contributed by atoms with Crippen LogP contribution in [-0.2, 0) is 13.6 Å². The van der Waals surface area contributed by atoms with Crippen LogP contribution in [0.5, 0.6) is 0 Å². The van der Waals surface area contributed by atoms with Gasteiger partial charge in [0, 0.05) is 0 Å². The van der Waals surface area contributed by atoms with Crippen LogP contribution in [0, 0.1) is 0 Å². The van der Waals surface area contributed by atoms with Crippen molar-refractivity contribution in [2.45, 2.75) is 0 Å². The SMILES string of the molecule is O=C(O)OP(=O)(O)OC(=O)O.[H-].[H-].[K+].[Na+]. The van der Waals surface area contributed by atoms with E-state index in [1.807, 2.05) is 0 Å². The van der Waals surface area contributed by atoms with Gasteiger partial charge in [-0.1, -0.05) is 0 Å². The van der Waals surface area contributed by atoms with Crippen molar-refractivity contribution in [2.24, 2.45) is 0 Å². The second kappa shape index (κ2) is 8.66. The van der Waals surface area contributed by atoms with Gasteiger partial charge in [-0.2, -0.15) is 0 Å². The summed E-state index contributed by atoms with van der Waals surface area (Å²) in [5.74, 6) is 0. The maximum atomic E-state index is 10.2. The van der Waals surface area contributed by atoms with Gasteiger partial charge in [-0.25, -0.2) is 14.2 Å². The molecule has 0 saturated heterocycles. The minimum Gasteiger partial charge on any atom is -1.00 e. The van der Waals surface area contributed by atoms with Crippen molar-refractivity contribution < 1.29 is 122 Å². The molecule has 0 aliphatic heterocycles. The second-order valence-corrected chi connectivity index (χ2v) is 2.49. The van der Waals surface area contributed by atoms with Crippen LogP contribution in [0.3, 0.4) is 0 Å². The molecule has 0 amide bonds. The smallest absolute Gasteiger partial charge is 1.00 e. The summed E-state index contributed by atoms with van der Waals surface area (Å²) in [6.07, 6.45) is -4.20. The average Bonchev–Trinajstić information content (AvgIpc) is 1.53. The summed E-state index contributed by atoms with van der Waals surface area (Å²) >= 11 is 0. The summed E-state index contributed by atoms with van der Waals surface area (Å²) in [4.78, 5) is 27.3. The molecule has 0 aliphatic rings. The standard InChI is InChI=1S/C2H3O8P.K.Na.2H/c3-1(4)9-11(7,8)10-2(5)6;;;;/h(H,3,4)(H,5,6)(H,7,8);;;;/q;2*+1;2*-1. The summed E-state index contributed by atoms with van der Waals surface area (Å²) in [7, 11) is -5.00. The number of phosphoric acid groups is 1. The summed E-state index contributed by atoms with van der Waals surface area (Å²) in [5, 5.41) is 15.5. The minimum absolute atomic E-state index is 0. The number of phosphoric ester groups is 1. The van der Waals surface area contributed by atoms with E-state index in [4.69, 9.17) is 15.1 Å². The van der Waals surface area contributed by atoms with Gasteiger partial charge in [-0.3, -0.25) is 4.89 Å². The fourth-order valence-electron chi connectivity index (χ4n) is 0.216. The molecule has 0 fully saturated rings. The maximum absolute atomic E-state index is 10.2. The summed E-state index contributed by atoms with van der Waals surface area (Å²) < 4.78 is 16.5. The van der Waals surface area contributed by atoms with E-state index >= 15 is 0 Å². The molecule has 0 atom stereocenters. The van der Waals surface area contributed by atoms with Crippen molar-refractivity contribution in [3.63, 3.8) is 0 Å². The zero-order valence-corrected chi connectivity index (χ0v) is 12.8. The van der Waals surface area contributed by atoms with Gasteiger partial charge in [0.15, 0.2) is 0 Å². The molecule has 0 aromatic heterocycles. The van der Waals surface area contributed by atoms with Crippen LogP contribution in [-0.4, -0.2) is 27.4 Å². The molecule has 0 aliphatic carbocycles. The van der Waals surface area contributed by atoms with Gasteiger partial charge in [0.25, 0.3) is 0 Å². The zero-order chi connectivity index (χ0) is 9.07. The Bertz CT molecular complexity index is 217. The van der Waals surface area contributed by atoms with Crippen LogP contribution in [0.4, 0.5) is 9.59 Å². The van der Waals surface area contributed by atoms with E-state index in [0.29, 0.717) is 0 Å². The molecule has 0 spiro atoms. The molecule has 0 aromatic rings. The third kappa shape index (κ3) is 13.4. The van der Waals surface area contributed by atoms with E-state index in [9.17, 15) is 14.2 Å².